The second-order valence-electron chi connectivity index (χ2n) is 17.0. The number of aromatic hydroxyl groups is 2. The fourth-order valence-corrected chi connectivity index (χ4v) is 9.63. The number of hydrogen-bond acceptors (Lipinski definition) is 17. The minimum atomic E-state index is -2.12. The molecule has 14 unspecified atom stereocenters. The van der Waals surface area contributed by atoms with E-state index in [4.69, 9.17) is 33.2 Å². The molecule has 17 heteroatoms. The molecule has 2 aromatic rings. The molecule has 0 radical (unpaired) electrons. The van der Waals surface area contributed by atoms with E-state index in [9.17, 15) is 44.7 Å². The van der Waals surface area contributed by atoms with Crippen LogP contribution in [-0.4, -0.2) is 148 Å². The van der Waals surface area contributed by atoms with E-state index in [1.807, 2.05) is 19.0 Å². The smallest absolute Gasteiger partial charge is 0.316 e. The molecule has 0 aromatic heterocycles. The summed E-state index contributed by atoms with van der Waals surface area (Å²) in [5, 5.41) is 56.1. The molecule has 5 N–H and O–H groups in total. The number of Topliss-reactive ketones (excluding diaryl/α,β-unsaturated/α-hetero) is 1. The zero-order valence-electron chi connectivity index (χ0n) is 34.7. The maximum atomic E-state index is 14.0. The van der Waals surface area contributed by atoms with Gasteiger partial charge in [0, 0.05) is 54.8 Å². The number of aliphatic hydroxyl groups excluding tert-OH is 2. The summed E-state index contributed by atoms with van der Waals surface area (Å²) in [7, 11) is 4.79. The summed E-state index contributed by atoms with van der Waals surface area (Å²) in [5.41, 5.74) is -3.33. The van der Waals surface area contributed by atoms with Crippen molar-refractivity contribution in [3.8, 4) is 11.5 Å². The molecule has 328 valence electrons. The number of carbonyl (C=O) groups excluding carboxylic acids is 4. The van der Waals surface area contributed by atoms with E-state index in [-0.39, 0.29) is 46.7 Å². The van der Waals surface area contributed by atoms with Crippen molar-refractivity contribution in [2.24, 2.45) is 0 Å². The number of ketones is 3. The van der Waals surface area contributed by atoms with Crippen LogP contribution in [0.25, 0.3) is 0 Å². The third-order valence-corrected chi connectivity index (χ3v) is 12.5. The van der Waals surface area contributed by atoms with Gasteiger partial charge in [0.1, 0.15) is 35.4 Å². The number of esters is 1. The van der Waals surface area contributed by atoms with Crippen molar-refractivity contribution >= 4 is 23.3 Å². The third kappa shape index (κ3) is 8.12. The van der Waals surface area contributed by atoms with Crippen molar-refractivity contribution in [2.45, 2.75) is 151 Å². The summed E-state index contributed by atoms with van der Waals surface area (Å²) in [6, 6.07) is 4.88. The van der Waals surface area contributed by atoms with E-state index in [1.165, 1.54) is 31.2 Å². The van der Waals surface area contributed by atoms with Gasteiger partial charge >= 0.3 is 5.97 Å². The van der Waals surface area contributed by atoms with Gasteiger partial charge in [-0.3, -0.25) is 19.2 Å². The summed E-state index contributed by atoms with van der Waals surface area (Å²) >= 11 is 0. The van der Waals surface area contributed by atoms with Gasteiger partial charge in [-0.1, -0.05) is 12.1 Å². The zero-order valence-corrected chi connectivity index (χ0v) is 34.7. The van der Waals surface area contributed by atoms with Crippen LogP contribution >= 0.6 is 0 Å². The third-order valence-electron chi connectivity index (χ3n) is 12.5. The first-order chi connectivity index (χ1) is 28.3. The highest BCUT2D eigenvalue weighted by atomic mass is 16.7. The number of aliphatic hydroxyl groups is 3. The first-order valence-electron chi connectivity index (χ1n) is 20.4. The number of hydrogen-bond donors (Lipinski definition) is 5. The molecule has 7 rings (SSSR count). The predicted molar refractivity (Wildman–Crippen MR) is 207 cm³/mol. The molecule has 3 heterocycles. The monoisotopic (exact) mass is 841 g/mol. The van der Waals surface area contributed by atoms with Gasteiger partial charge < -0.3 is 63.6 Å². The van der Waals surface area contributed by atoms with Crippen molar-refractivity contribution in [2.75, 3.05) is 21.2 Å². The second-order valence-corrected chi connectivity index (χ2v) is 17.0. The molecular weight excluding hydrogens is 786 g/mol. The van der Waals surface area contributed by atoms with Crippen LogP contribution in [0.1, 0.15) is 121 Å². The number of rotatable bonds is 10. The van der Waals surface area contributed by atoms with Crippen LogP contribution < -0.4 is 0 Å². The second kappa shape index (κ2) is 17.1. The van der Waals surface area contributed by atoms with Crippen molar-refractivity contribution < 1.29 is 77.9 Å². The fraction of sp³-hybridized carbons (Fsp3) is 0.628. The van der Waals surface area contributed by atoms with Gasteiger partial charge in [-0.15, -0.1) is 0 Å². The quantitative estimate of drug-likeness (QED) is 0.184. The lowest BCUT2D eigenvalue weighted by Gasteiger charge is -2.48. The number of phenolic OH excluding ortho intramolecular Hbond substituents is 2. The number of benzene rings is 2. The van der Waals surface area contributed by atoms with Crippen molar-refractivity contribution in [1.82, 2.24) is 4.90 Å². The minimum Gasteiger partial charge on any atom is -0.507 e. The molecule has 3 fully saturated rings. The highest BCUT2D eigenvalue weighted by Crippen LogP contribution is 2.54. The van der Waals surface area contributed by atoms with Crippen molar-refractivity contribution in [3.63, 3.8) is 0 Å². The Balaban J connectivity index is 1.16. The fourth-order valence-electron chi connectivity index (χ4n) is 9.63. The number of likely N-dealkylation sites (N-methyl/N-ethyl adjacent to an activating group) is 1. The first-order valence-corrected chi connectivity index (χ1v) is 20.4. The molecule has 0 saturated carbocycles. The molecule has 0 spiro atoms. The molecule has 17 nitrogen and oxygen atoms in total. The first kappa shape index (κ1) is 44.2. The topological polar surface area (TPSA) is 237 Å². The number of nitrogens with zero attached hydrogens (tertiary/aromatic N) is 1. The predicted octanol–water partition coefficient (Wildman–Crippen LogP) is 2.52. The molecule has 0 bridgehead atoms. The molecule has 3 saturated heterocycles. The number of ether oxygens (including phenoxy) is 7. The Labute approximate surface area is 347 Å². The van der Waals surface area contributed by atoms with Crippen LogP contribution in [0.15, 0.2) is 24.3 Å². The van der Waals surface area contributed by atoms with Gasteiger partial charge in [0.25, 0.3) is 0 Å². The van der Waals surface area contributed by atoms with Gasteiger partial charge in [0.2, 0.25) is 5.78 Å². The van der Waals surface area contributed by atoms with E-state index in [0.717, 1.165) is 7.11 Å². The standard InChI is InChI=1S/C43H55NO16/c1-18(45)16-43(53)17-29(34-23(36(43)42(52)54-7)13-24-35(39(34)51)38(50)33-22(37(24)49)9-8-10-27(33)47)58-31-14-25(44(5)6)40(20(3)56-31)60-32-15-28(48)41(21(4)57-32)59-30-12-11-26(46)19(2)55-30/h8-10,13,19-21,25-26,28-32,36,40-41,46-48,51,53H,11-12,14-17H2,1-7H3. The highest BCUT2D eigenvalue weighted by Gasteiger charge is 2.55. The van der Waals surface area contributed by atoms with Crippen LogP contribution in [0.2, 0.25) is 0 Å². The van der Waals surface area contributed by atoms with E-state index in [1.54, 1.807) is 20.8 Å². The van der Waals surface area contributed by atoms with Crippen LogP contribution in [0.3, 0.4) is 0 Å². The van der Waals surface area contributed by atoms with Crippen molar-refractivity contribution in [1.29, 1.82) is 0 Å². The normalized spacial score (nSPS) is 36.6. The molecule has 5 aliphatic rings. The minimum absolute atomic E-state index is 0.0661. The molecular formula is C43H55NO16. The average molecular weight is 842 g/mol. The number of carbonyl (C=O) groups is 4. The number of fused-ring (bicyclic) bond motifs is 3. The average Bonchev–Trinajstić information content (AvgIpc) is 3.16. The van der Waals surface area contributed by atoms with E-state index in [2.05, 4.69) is 0 Å². The van der Waals surface area contributed by atoms with E-state index in [0.29, 0.717) is 12.8 Å². The Bertz CT molecular complexity index is 1990. The lowest BCUT2D eigenvalue weighted by Crippen LogP contribution is -2.58. The molecule has 14 atom stereocenters. The maximum Gasteiger partial charge on any atom is 0.316 e. The van der Waals surface area contributed by atoms with Crippen molar-refractivity contribution in [3.05, 3.63) is 57.6 Å². The van der Waals surface area contributed by atoms with Gasteiger partial charge in [-0.05, 0) is 65.9 Å². The molecule has 0 amide bonds. The van der Waals surface area contributed by atoms with Crippen LogP contribution in [0.4, 0.5) is 0 Å². The Morgan fingerprint density at radius 2 is 1.48 bits per heavy atom. The van der Waals surface area contributed by atoms with Crippen LogP contribution in [0.5, 0.6) is 11.5 Å². The lowest BCUT2D eigenvalue weighted by molar-refractivity contribution is -0.328. The molecule has 3 aliphatic heterocycles. The Morgan fingerprint density at radius 1 is 0.833 bits per heavy atom. The molecule has 60 heavy (non-hydrogen) atoms. The summed E-state index contributed by atoms with van der Waals surface area (Å²) in [4.78, 5) is 55.9. The Kier molecular flexibility index (Phi) is 12.6. The van der Waals surface area contributed by atoms with E-state index < -0.39 is 132 Å². The van der Waals surface area contributed by atoms with Crippen LogP contribution in [-0.2, 0) is 42.7 Å². The lowest BCUT2D eigenvalue weighted by atomic mass is 9.66. The van der Waals surface area contributed by atoms with E-state index >= 15 is 0 Å². The Morgan fingerprint density at radius 3 is 2.12 bits per heavy atom. The van der Waals surface area contributed by atoms with Crippen LogP contribution in [0, 0.1) is 0 Å². The van der Waals surface area contributed by atoms with Gasteiger partial charge in [-0.2, -0.15) is 0 Å². The highest BCUT2D eigenvalue weighted by molar-refractivity contribution is 6.30. The Hall–Kier alpha value is -3.88. The number of methoxy groups -OCH3 is 1. The summed E-state index contributed by atoms with van der Waals surface area (Å²) in [5.74, 6) is -5.65. The van der Waals surface area contributed by atoms with Gasteiger partial charge in [0.15, 0.2) is 24.7 Å². The largest absolute Gasteiger partial charge is 0.507 e. The maximum absolute atomic E-state index is 14.0. The zero-order chi connectivity index (χ0) is 43.5. The number of phenols is 2. The SMILES string of the molecule is COC(=O)C1c2cc3c(c(O)c2C(OC2CC(N(C)C)C(OC4CC(O)C(OC5CCC(O)C(C)O5)C(C)O4)C(C)O2)CC1(O)CC(C)=O)C(=O)c1c(O)cccc1C3=O. The summed E-state index contributed by atoms with van der Waals surface area (Å²) in [6.45, 7) is 6.57. The molecule has 2 aliphatic carbocycles. The summed E-state index contributed by atoms with van der Waals surface area (Å²) in [6.07, 6.45) is -7.97. The van der Waals surface area contributed by atoms with Gasteiger partial charge in [0.05, 0.1) is 60.5 Å². The molecule has 2 aromatic carbocycles. The summed E-state index contributed by atoms with van der Waals surface area (Å²) < 4.78 is 42.7. The van der Waals surface area contributed by atoms with Gasteiger partial charge in [-0.25, -0.2) is 0 Å².